The number of halogens is 1. The standard InChI is InChI=1S/C18H17FN4O4S/c1-4-27-12(24)9-28-16-13-15(22(2)18(26)23(3)17(13)25)20-14(21-16)10-7-5-6-8-11(10)19/h5-8H,4,9H2,1-3H3. The van der Waals surface area contributed by atoms with Crippen LogP contribution in [0.25, 0.3) is 22.4 Å². The highest BCUT2D eigenvalue weighted by atomic mass is 32.2. The number of hydrogen-bond donors (Lipinski definition) is 0. The van der Waals surface area contributed by atoms with Crippen molar-refractivity contribution in [3.63, 3.8) is 0 Å². The molecule has 3 rings (SSSR count). The SMILES string of the molecule is CCOC(=O)CSc1nc(-c2ccccc2F)nc2c1c(=O)n(C)c(=O)n2C. The van der Waals surface area contributed by atoms with Crippen LogP contribution in [-0.4, -0.2) is 37.4 Å². The van der Waals surface area contributed by atoms with Crippen molar-refractivity contribution in [3.8, 4) is 11.4 Å². The summed E-state index contributed by atoms with van der Waals surface area (Å²) in [6.45, 7) is 1.91. The Bertz CT molecular complexity index is 1190. The molecule has 0 N–H and O–H groups in total. The van der Waals surface area contributed by atoms with Gasteiger partial charge in [0, 0.05) is 14.1 Å². The maximum Gasteiger partial charge on any atom is 0.332 e. The number of nitrogens with zero attached hydrogens (tertiary/aromatic N) is 4. The van der Waals surface area contributed by atoms with Crippen LogP contribution in [-0.2, 0) is 23.6 Å². The lowest BCUT2D eigenvalue weighted by atomic mass is 10.2. The zero-order valence-corrected chi connectivity index (χ0v) is 16.2. The van der Waals surface area contributed by atoms with Crippen LogP contribution in [0.2, 0.25) is 0 Å². The summed E-state index contributed by atoms with van der Waals surface area (Å²) in [5.74, 6) is -1.10. The summed E-state index contributed by atoms with van der Waals surface area (Å²) in [5, 5.41) is 0.256. The molecule has 0 fully saturated rings. The molecule has 0 amide bonds. The van der Waals surface area contributed by atoms with Crippen LogP contribution < -0.4 is 11.2 Å². The Morgan fingerprint density at radius 2 is 1.89 bits per heavy atom. The zero-order valence-electron chi connectivity index (χ0n) is 15.4. The Hall–Kier alpha value is -3.01. The van der Waals surface area contributed by atoms with Crippen molar-refractivity contribution in [3.05, 3.63) is 50.9 Å². The Morgan fingerprint density at radius 3 is 2.57 bits per heavy atom. The third-order valence-electron chi connectivity index (χ3n) is 4.01. The van der Waals surface area contributed by atoms with Gasteiger partial charge in [0.1, 0.15) is 16.2 Å². The number of thioether (sulfide) groups is 1. The molecule has 0 radical (unpaired) electrons. The number of ether oxygens (including phenoxy) is 1. The van der Waals surface area contributed by atoms with Crippen molar-refractivity contribution in [1.82, 2.24) is 19.1 Å². The molecule has 2 heterocycles. The molecule has 146 valence electrons. The van der Waals surface area contributed by atoms with E-state index in [1.165, 1.54) is 36.9 Å². The van der Waals surface area contributed by atoms with Gasteiger partial charge in [-0.15, -0.1) is 0 Å². The van der Waals surface area contributed by atoms with Gasteiger partial charge in [-0.3, -0.25) is 18.7 Å². The van der Waals surface area contributed by atoms with Crippen LogP contribution in [0, 0.1) is 5.82 Å². The molecule has 2 aromatic heterocycles. The molecule has 0 saturated heterocycles. The maximum absolute atomic E-state index is 14.2. The van der Waals surface area contributed by atoms with Gasteiger partial charge in [-0.1, -0.05) is 23.9 Å². The Morgan fingerprint density at radius 1 is 1.18 bits per heavy atom. The molecule has 1 aromatic carbocycles. The smallest absolute Gasteiger partial charge is 0.332 e. The van der Waals surface area contributed by atoms with Gasteiger partial charge in [-0.25, -0.2) is 19.2 Å². The molecule has 3 aromatic rings. The van der Waals surface area contributed by atoms with Crippen LogP contribution in [0.4, 0.5) is 4.39 Å². The third kappa shape index (κ3) is 3.55. The normalized spacial score (nSPS) is 11.0. The van der Waals surface area contributed by atoms with E-state index >= 15 is 0 Å². The van der Waals surface area contributed by atoms with E-state index in [2.05, 4.69) is 9.97 Å². The van der Waals surface area contributed by atoms with Gasteiger partial charge in [0.2, 0.25) is 0 Å². The van der Waals surface area contributed by atoms with E-state index in [-0.39, 0.29) is 39.8 Å². The third-order valence-corrected chi connectivity index (χ3v) is 4.96. The van der Waals surface area contributed by atoms with Gasteiger partial charge < -0.3 is 4.74 Å². The highest BCUT2D eigenvalue weighted by Crippen LogP contribution is 2.27. The van der Waals surface area contributed by atoms with E-state index in [1.807, 2.05) is 0 Å². The molecule has 0 aliphatic rings. The highest BCUT2D eigenvalue weighted by Gasteiger charge is 2.20. The van der Waals surface area contributed by atoms with E-state index in [9.17, 15) is 18.8 Å². The number of carbonyl (C=O) groups is 1. The number of fused-ring (bicyclic) bond motifs is 1. The molecule has 0 aliphatic heterocycles. The van der Waals surface area contributed by atoms with Gasteiger partial charge >= 0.3 is 11.7 Å². The van der Waals surface area contributed by atoms with Crippen molar-refractivity contribution in [2.45, 2.75) is 11.9 Å². The van der Waals surface area contributed by atoms with Crippen molar-refractivity contribution in [2.75, 3.05) is 12.4 Å². The zero-order chi connectivity index (χ0) is 20.4. The lowest BCUT2D eigenvalue weighted by Gasteiger charge is -2.12. The summed E-state index contributed by atoms with van der Waals surface area (Å²) >= 11 is 0.973. The van der Waals surface area contributed by atoms with Crippen LogP contribution >= 0.6 is 11.8 Å². The van der Waals surface area contributed by atoms with E-state index in [4.69, 9.17) is 4.74 Å². The topological polar surface area (TPSA) is 96.1 Å². The highest BCUT2D eigenvalue weighted by molar-refractivity contribution is 8.00. The number of carbonyl (C=O) groups excluding carboxylic acids is 1. The quantitative estimate of drug-likeness (QED) is 0.361. The fraction of sp³-hybridized carbons (Fsp3) is 0.278. The predicted octanol–water partition coefficient (Wildman–Crippen LogP) is 1.49. The molecule has 0 spiro atoms. The summed E-state index contributed by atoms with van der Waals surface area (Å²) in [5.41, 5.74) is -0.982. The van der Waals surface area contributed by atoms with E-state index in [0.29, 0.717) is 0 Å². The summed E-state index contributed by atoms with van der Waals surface area (Å²) in [6.07, 6.45) is 0. The summed E-state index contributed by atoms with van der Waals surface area (Å²) in [4.78, 5) is 45.3. The number of rotatable bonds is 5. The van der Waals surface area contributed by atoms with Gasteiger partial charge in [0.25, 0.3) is 5.56 Å². The second-order valence-electron chi connectivity index (χ2n) is 5.83. The summed E-state index contributed by atoms with van der Waals surface area (Å²) < 4.78 is 21.3. The first-order chi connectivity index (χ1) is 13.3. The fourth-order valence-electron chi connectivity index (χ4n) is 2.63. The molecule has 10 heteroatoms. The number of benzene rings is 1. The number of esters is 1. The molecule has 0 saturated carbocycles. The van der Waals surface area contributed by atoms with Crippen molar-refractivity contribution >= 4 is 28.8 Å². The van der Waals surface area contributed by atoms with E-state index < -0.39 is 23.0 Å². The molecule has 28 heavy (non-hydrogen) atoms. The van der Waals surface area contributed by atoms with Crippen LogP contribution in [0.15, 0.2) is 38.9 Å². The second-order valence-corrected chi connectivity index (χ2v) is 6.79. The Kier molecular flexibility index (Phi) is 5.59. The Balaban J connectivity index is 2.28. The van der Waals surface area contributed by atoms with Gasteiger partial charge in [0.05, 0.1) is 17.9 Å². The first-order valence-electron chi connectivity index (χ1n) is 8.36. The lowest BCUT2D eigenvalue weighted by Crippen LogP contribution is -2.37. The second kappa shape index (κ2) is 7.93. The number of hydrogen-bond acceptors (Lipinski definition) is 7. The van der Waals surface area contributed by atoms with Gasteiger partial charge in [-0.2, -0.15) is 0 Å². The van der Waals surface area contributed by atoms with E-state index in [1.54, 1.807) is 13.0 Å². The van der Waals surface area contributed by atoms with Gasteiger partial charge in [0.15, 0.2) is 11.5 Å². The molecular weight excluding hydrogens is 387 g/mol. The summed E-state index contributed by atoms with van der Waals surface area (Å²) in [6, 6.07) is 5.91. The number of aryl methyl sites for hydroxylation is 1. The minimum atomic E-state index is -0.593. The maximum atomic E-state index is 14.2. The number of aromatic nitrogens is 4. The predicted molar refractivity (Wildman–Crippen MR) is 103 cm³/mol. The average molecular weight is 404 g/mol. The van der Waals surface area contributed by atoms with Crippen LogP contribution in [0.1, 0.15) is 6.92 Å². The summed E-state index contributed by atoms with van der Waals surface area (Å²) in [7, 11) is 2.80. The van der Waals surface area contributed by atoms with Crippen molar-refractivity contribution in [2.24, 2.45) is 14.1 Å². The van der Waals surface area contributed by atoms with Crippen LogP contribution in [0.5, 0.6) is 0 Å². The first-order valence-corrected chi connectivity index (χ1v) is 9.34. The molecule has 8 nitrogen and oxygen atoms in total. The molecule has 0 aliphatic carbocycles. The average Bonchev–Trinajstić information content (AvgIpc) is 2.69. The van der Waals surface area contributed by atoms with E-state index in [0.717, 1.165) is 16.3 Å². The molecule has 0 unspecified atom stereocenters. The molecule has 0 atom stereocenters. The minimum absolute atomic E-state index is 0.0141. The van der Waals surface area contributed by atoms with Crippen molar-refractivity contribution < 1.29 is 13.9 Å². The molecular formula is C18H17FN4O4S. The lowest BCUT2D eigenvalue weighted by molar-refractivity contribution is -0.139. The largest absolute Gasteiger partial charge is 0.465 e. The van der Waals surface area contributed by atoms with Gasteiger partial charge in [-0.05, 0) is 19.1 Å². The monoisotopic (exact) mass is 404 g/mol. The fourth-order valence-corrected chi connectivity index (χ4v) is 3.44. The van der Waals surface area contributed by atoms with Crippen LogP contribution in [0.3, 0.4) is 0 Å². The Labute approximate surface area is 163 Å². The minimum Gasteiger partial charge on any atom is -0.465 e. The molecule has 0 bridgehead atoms. The first kappa shape index (κ1) is 19.7. The van der Waals surface area contributed by atoms with Crippen molar-refractivity contribution in [1.29, 1.82) is 0 Å².